The van der Waals surface area contributed by atoms with Gasteiger partial charge in [0.1, 0.15) is 0 Å². The minimum atomic E-state index is -0.142. The van der Waals surface area contributed by atoms with E-state index >= 15 is 0 Å². The third-order valence-electron chi connectivity index (χ3n) is 3.43. The quantitative estimate of drug-likeness (QED) is 0.614. The zero-order valence-corrected chi connectivity index (χ0v) is 12.7. The molecule has 110 valence electrons. The second kappa shape index (κ2) is 7.58. The SMILES string of the molecule is CCCC(CCC)=NNC(=O)c1cccc2ccccc12. The second-order valence-electron chi connectivity index (χ2n) is 5.15. The Kier molecular flexibility index (Phi) is 5.50. The van der Waals surface area contributed by atoms with Gasteiger partial charge in [-0.05, 0) is 29.7 Å². The normalized spacial score (nSPS) is 10.4. The van der Waals surface area contributed by atoms with Crippen LogP contribution in [-0.4, -0.2) is 11.6 Å². The van der Waals surface area contributed by atoms with E-state index in [1.165, 1.54) is 0 Å². The van der Waals surface area contributed by atoms with Gasteiger partial charge in [-0.3, -0.25) is 4.79 Å². The third kappa shape index (κ3) is 3.91. The molecule has 3 nitrogen and oxygen atoms in total. The zero-order chi connectivity index (χ0) is 15.1. The van der Waals surface area contributed by atoms with Gasteiger partial charge in [0, 0.05) is 11.3 Å². The van der Waals surface area contributed by atoms with E-state index in [1.54, 1.807) is 0 Å². The lowest BCUT2D eigenvalue weighted by molar-refractivity contribution is 0.0956. The van der Waals surface area contributed by atoms with Gasteiger partial charge in [-0.1, -0.05) is 63.1 Å². The van der Waals surface area contributed by atoms with E-state index in [-0.39, 0.29) is 5.91 Å². The topological polar surface area (TPSA) is 41.5 Å². The number of fused-ring (bicyclic) bond motifs is 1. The van der Waals surface area contributed by atoms with Crippen molar-refractivity contribution in [3.63, 3.8) is 0 Å². The average molecular weight is 282 g/mol. The predicted molar refractivity (Wildman–Crippen MR) is 88.7 cm³/mol. The minimum absolute atomic E-state index is 0.142. The van der Waals surface area contributed by atoms with Gasteiger partial charge >= 0.3 is 0 Å². The summed E-state index contributed by atoms with van der Waals surface area (Å²) in [7, 11) is 0. The van der Waals surface area contributed by atoms with E-state index in [9.17, 15) is 4.79 Å². The van der Waals surface area contributed by atoms with Gasteiger partial charge in [-0.2, -0.15) is 5.10 Å². The number of carbonyl (C=O) groups excluding carboxylic acids is 1. The highest BCUT2D eigenvalue weighted by molar-refractivity contribution is 6.07. The van der Waals surface area contributed by atoms with Crippen LogP contribution < -0.4 is 5.43 Å². The highest BCUT2D eigenvalue weighted by atomic mass is 16.2. The molecule has 2 aromatic rings. The largest absolute Gasteiger partial charge is 0.271 e. The van der Waals surface area contributed by atoms with E-state index in [0.29, 0.717) is 5.56 Å². The summed E-state index contributed by atoms with van der Waals surface area (Å²) in [5.41, 5.74) is 4.44. The van der Waals surface area contributed by atoms with Gasteiger partial charge in [0.25, 0.3) is 5.91 Å². The fraction of sp³-hybridized carbons (Fsp3) is 0.333. The number of benzene rings is 2. The van der Waals surface area contributed by atoms with Crippen LogP contribution in [-0.2, 0) is 0 Å². The molecule has 0 aliphatic rings. The van der Waals surface area contributed by atoms with Crippen LogP contribution in [0.15, 0.2) is 47.6 Å². The average Bonchev–Trinajstić information content (AvgIpc) is 2.52. The Morgan fingerprint density at radius 3 is 2.38 bits per heavy atom. The van der Waals surface area contributed by atoms with Crippen molar-refractivity contribution in [1.82, 2.24) is 5.43 Å². The van der Waals surface area contributed by atoms with Crippen molar-refractivity contribution < 1.29 is 4.79 Å². The molecule has 2 aromatic carbocycles. The van der Waals surface area contributed by atoms with Crippen molar-refractivity contribution >= 4 is 22.4 Å². The molecule has 0 heterocycles. The summed E-state index contributed by atoms with van der Waals surface area (Å²) in [5.74, 6) is -0.142. The smallest absolute Gasteiger partial charge is 0.267 e. The monoisotopic (exact) mass is 282 g/mol. The van der Waals surface area contributed by atoms with Crippen molar-refractivity contribution in [3.8, 4) is 0 Å². The Labute approximate surface area is 126 Å². The molecule has 21 heavy (non-hydrogen) atoms. The third-order valence-corrected chi connectivity index (χ3v) is 3.43. The fourth-order valence-electron chi connectivity index (χ4n) is 2.43. The molecule has 0 saturated heterocycles. The van der Waals surface area contributed by atoms with Crippen LogP contribution in [0.5, 0.6) is 0 Å². The second-order valence-corrected chi connectivity index (χ2v) is 5.15. The summed E-state index contributed by atoms with van der Waals surface area (Å²) in [6, 6.07) is 13.6. The summed E-state index contributed by atoms with van der Waals surface area (Å²) in [5, 5.41) is 6.33. The highest BCUT2D eigenvalue weighted by Gasteiger charge is 2.09. The van der Waals surface area contributed by atoms with Crippen molar-refractivity contribution in [2.75, 3.05) is 0 Å². The molecule has 0 aromatic heterocycles. The molecule has 0 aliphatic carbocycles. The Morgan fingerprint density at radius 1 is 1.00 bits per heavy atom. The van der Waals surface area contributed by atoms with Crippen LogP contribution in [0.2, 0.25) is 0 Å². The summed E-state index contributed by atoms with van der Waals surface area (Å²) in [6.45, 7) is 4.25. The first kappa shape index (κ1) is 15.2. The summed E-state index contributed by atoms with van der Waals surface area (Å²) in [6.07, 6.45) is 3.96. The Balaban J connectivity index is 2.20. The minimum Gasteiger partial charge on any atom is -0.267 e. The van der Waals surface area contributed by atoms with Crippen LogP contribution in [0, 0.1) is 0 Å². The highest BCUT2D eigenvalue weighted by Crippen LogP contribution is 2.18. The van der Waals surface area contributed by atoms with E-state index in [0.717, 1.165) is 42.2 Å². The molecule has 0 unspecified atom stereocenters. The van der Waals surface area contributed by atoms with Crippen LogP contribution in [0.4, 0.5) is 0 Å². The number of nitrogens with zero attached hydrogens (tertiary/aromatic N) is 1. The van der Waals surface area contributed by atoms with Crippen LogP contribution >= 0.6 is 0 Å². The van der Waals surface area contributed by atoms with E-state index in [2.05, 4.69) is 24.4 Å². The number of amides is 1. The molecule has 0 aliphatic heterocycles. The van der Waals surface area contributed by atoms with Crippen molar-refractivity contribution in [2.24, 2.45) is 5.10 Å². The predicted octanol–water partition coefficient (Wildman–Crippen LogP) is 4.53. The van der Waals surface area contributed by atoms with Gasteiger partial charge in [0.15, 0.2) is 0 Å². The number of hydrogen-bond acceptors (Lipinski definition) is 2. The standard InChI is InChI=1S/C18H22N2O/c1-3-8-15(9-4-2)19-20-18(21)17-13-7-11-14-10-5-6-12-16(14)17/h5-7,10-13H,3-4,8-9H2,1-2H3,(H,20,21). The van der Waals surface area contributed by atoms with E-state index in [1.807, 2.05) is 42.5 Å². The maximum atomic E-state index is 12.4. The van der Waals surface area contributed by atoms with Crippen molar-refractivity contribution in [2.45, 2.75) is 39.5 Å². The number of hydrogen-bond donors (Lipinski definition) is 1. The first-order valence-electron chi connectivity index (χ1n) is 7.59. The van der Waals surface area contributed by atoms with Gasteiger partial charge in [0.05, 0.1) is 0 Å². The van der Waals surface area contributed by atoms with Crippen LogP contribution in [0.1, 0.15) is 49.9 Å². The first-order chi connectivity index (χ1) is 10.3. The Bertz CT molecular complexity index is 633. The molecule has 0 atom stereocenters. The van der Waals surface area contributed by atoms with Crippen molar-refractivity contribution in [3.05, 3.63) is 48.0 Å². The maximum Gasteiger partial charge on any atom is 0.271 e. The Hall–Kier alpha value is -2.16. The van der Waals surface area contributed by atoms with Gasteiger partial charge < -0.3 is 0 Å². The van der Waals surface area contributed by atoms with E-state index < -0.39 is 0 Å². The number of hydrazone groups is 1. The molecule has 0 spiro atoms. The molecule has 0 radical (unpaired) electrons. The summed E-state index contributed by atoms with van der Waals surface area (Å²) in [4.78, 5) is 12.4. The molecule has 1 amide bonds. The molecular formula is C18H22N2O. The molecule has 0 fully saturated rings. The van der Waals surface area contributed by atoms with E-state index in [4.69, 9.17) is 0 Å². The first-order valence-corrected chi connectivity index (χ1v) is 7.59. The molecule has 0 saturated carbocycles. The maximum absolute atomic E-state index is 12.4. The van der Waals surface area contributed by atoms with Crippen molar-refractivity contribution in [1.29, 1.82) is 0 Å². The number of rotatable bonds is 6. The van der Waals surface area contributed by atoms with Gasteiger partial charge in [-0.25, -0.2) is 5.43 Å². The Morgan fingerprint density at radius 2 is 1.67 bits per heavy atom. The van der Waals surface area contributed by atoms with Crippen LogP contribution in [0.3, 0.4) is 0 Å². The number of nitrogens with one attached hydrogen (secondary N) is 1. The number of carbonyl (C=O) groups is 1. The fourth-order valence-corrected chi connectivity index (χ4v) is 2.43. The molecule has 3 heteroatoms. The lowest BCUT2D eigenvalue weighted by atomic mass is 10.0. The van der Waals surface area contributed by atoms with Gasteiger partial charge in [-0.15, -0.1) is 0 Å². The zero-order valence-electron chi connectivity index (χ0n) is 12.7. The summed E-state index contributed by atoms with van der Waals surface area (Å²) < 4.78 is 0. The lowest BCUT2D eigenvalue weighted by Crippen LogP contribution is -2.20. The lowest BCUT2D eigenvalue weighted by Gasteiger charge is -2.07. The van der Waals surface area contributed by atoms with Crippen LogP contribution in [0.25, 0.3) is 10.8 Å². The summed E-state index contributed by atoms with van der Waals surface area (Å²) >= 11 is 0. The molecule has 1 N–H and O–H groups in total. The van der Waals surface area contributed by atoms with Gasteiger partial charge in [0.2, 0.25) is 0 Å². The molecular weight excluding hydrogens is 260 g/mol. The molecule has 0 bridgehead atoms. The molecule has 2 rings (SSSR count).